The van der Waals surface area contributed by atoms with Gasteiger partial charge >= 0.3 is 0 Å². The molecule has 1 saturated carbocycles. The van der Waals surface area contributed by atoms with E-state index in [9.17, 15) is 13.6 Å². The number of aromatic nitrogens is 5. The number of anilines is 1. The highest BCUT2D eigenvalue weighted by atomic mass is 32.2. The van der Waals surface area contributed by atoms with Gasteiger partial charge in [-0.05, 0) is 38.8 Å². The number of rotatable bonds is 9. The third kappa shape index (κ3) is 5.90. The molecule has 1 aliphatic carbocycles. The summed E-state index contributed by atoms with van der Waals surface area (Å²) in [6, 6.07) is 3.13. The smallest absolute Gasteiger partial charge is 0.236 e. The fourth-order valence-corrected chi connectivity index (χ4v) is 5.64. The number of ether oxygens (including phenoxy) is 1. The molecule has 4 rings (SSSR count). The third-order valence-electron chi connectivity index (χ3n) is 5.60. The van der Waals surface area contributed by atoms with Crippen molar-refractivity contribution in [1.29, 1.82) is 0 Å². The lowest BCUT2D eigenvalue weighted by Gasteiger charge is -2.18. The van der Waals surface area contributed by atoms with Crippen molar-refractivity contribution in [2.24, 2.45) is 0 Å². The summed E-state index contributed by atoms with van der Waals surface area (Å²) in [5.74, 6) is -0.693. The van der Waals surface area contributed by atoms with Crippen molar-refractivity contribution in [3.05, 3.63) is 40.7 Å². The first-order valence-corrected chi connectivity index (χ1v) is 13.1. The Kier molecular flexibility index (Phi) is 8.09. The zero-order valence-corrected chi connectivity index (χ0v) is 20.6. The van der Waals surface area contributed by atoms with Crippen LogP contribution in [0.15, 0.2) is 23.4 Å². The van der Waals surface area contributed by atoms with Crippen LogP contribution in [0.25, 0.3) is 0 Å². The van der Waals surface area contributed by atoms with Crippen LogP contribution in [0.2, 0.25) is 0 Å². The van der Waals surface area contributed by atoms with Crippen LogP contribution in [-0.4, -0.2) is 36.6 Å². The Morgan fingerprint density at radius 2 is 2.03 bits per heavy atom. The van der Waals surface area contributed by atoms with E-state index in [1.54, 1.807) is 11.5 Å². The molecule has 1 aliphatic rings. The van der Waals surface area contributed by atoms with Crippen LogP contribution in [0.3, 0.4) is 0 Å². The molecule has 1 unspecified atom stereocenters. The largest absolute Gasteiger partial charge is 0.480 e. The average Bonchev–Trinajstić information content (AvgIpc) is 3.47. The summed E-state index contributed by atoms with van der Waals surface area (Å²) in [6.45, 7) is 4.16. The minimum atomic E-state index is -0.788. The second-order valence-corrected chi connectivity index (χ2v) is 9.99. The maximum Gasteiger partial charge on any atom is 0.236 e. The van der Waals surface area contributed by atoms with Gasteiger partial charge in [0.1, 0.15) is 10.8 Å². The van der Waals surface area contributed by atoms with Crippen LogP contribution in [-0.2, 0) is 11.3 Å². The molecular formula is C22H26F2N6O2S2. The number of nitrogens with zero attached hydrogens (tertiary/aromatic N) is 5. The zero-order valence-electron chi connectivity index (χ0n) is 19.0. The van der Waals surface area contributed by atoms with Gasteiger partial charge in [-0.3, -0.25) is 10.1 Å². The Balaban J connectivity index is 1.34. The summed E-state index contributed by atoms with van der Waals surface area (Å²) in [4.78, 5) is 12.5. The van der Waals surface area contributed by atoms with Gasteiger partial charge in [0.05, 0.1) is 5.75 Å². The highest BCUT2D eigenvalue weighted by Gasteiger charge is 2.22. The van der Waals surface area contributed by atoms with Crippen molar-refractivity contribution < 1.29 is 18.3 Å². The summed E-state index contributed by atoms with van der Waals surface area (Å²) in [5, 5.41) is 21.6. The van der Waals surface area contributed by atoms with Gasteiger partial charge in [-0.15, -0.1) is 20.4 Å². The van der Waals surface area contributed by atoms with Crippen molar-refractivity contribution in [3.8, 4) is 5.75 Å². The molecule has 0 aliphatic heterocycles. The van der Waals surface area contributed by atoms with Gasteiger partial charge in [0.15, 0.2) is 28.7 Å². The quantitative estimate of drug-likeness (QED) is 0.390. The summed E-state index contributed by atoms with van der Waals surface area (Å²) in [5.41, 5.74) is 0. The highest BCUT2D eigenvalue weighted by Crippen LogP contribution is 2.35. The van der Waals surface area contributed by atoms with E-state index in [1.165, 1.54) is 48.4 Å². The van der Waals surface area contributed by atoms with E-state index in [4.69, 9.17) is 4.74 Å². The second-order valence-electron chi connectivity index (χ2n) is 8.04. The summed E-state index contributed by atoms with van der Waals surface area (Å²) >= 11 is 2.68. The number of thioether (sulfide) groups is 1. The van der Waals surface area contributed by atoms with Crippen LogP contribution in [0, 0.1) is 11.6 Å². The zero-order chi connectivity index (χ0) is 24.1. The van der Waals surface area contributed by atoms with E-state index in [0.29, 0.717) is 28.6 Å². The molecule has 1 aromatic carbocycles. The van der Waals surface area contributed by atoms with Crippen LogP contribution in [0.4, 0.5) is 13.9 Å². The predicted octanol–water partition coefficient (Wildman–Crippen LogP) is 5.35. The predicted molar refractivity (Wildman–Crippen MR) is 126 cm³/mol. The maximum absolute atomic E-state index is 13.9. The number of carbonyl (C=O) groups is 1. The molecular weight excluding hydrogens is 482 g/mol. The lowest BCUT2D eigenvalue weighted by Crippen LogP contribution is -2.15. The Hall–Kier alpha value is -2.60. The van der Waals surface area contributed by atoms with E-state index in [2.05, 4.69) is 25.7 Å². The molecule has 0 radical (unpaired) electrons. The SMILES string of the molecule is CCn1c(SCC(=O)Nc2nnc(C3CCCCC3)s2)nnc1C(C)Oc1ccc(F)cc1F. The average molecular weight is 509 g/mol. The van der Waals surface area contributed by atoms with E-state index >= 15 is 0 Å². The summed E-state index contributed by atoms with van der Waals surface area (Å²) in [6.07, 6.45) is 5.33. The van der Waals surface area contributed by atoms with Gasteiger partial charge in [-0.25, -0.2) is 8.78 Å². The Morgan fingerprint density at radius 1 is 1.24 bits per heavy atom. The van der Waals surface area contributed by atoms with Crippen molar-refractivity contribution in [2.75, 3.05) is 11.1 Å². The molecule has 0 saturated heterocycles. The maximum atomic E-state index is 13.9. The number of amides is 1. The lowest BCUT2D eigenvalue weighted by atomic mass is 9.90. The topological polar surface area (TPSA) is 94.8 Å². The molecule has 0 spiro atoms. The molecule has 0 bridgehead atoms. The highest BCUT2D eigenvalue weighted by molar-refractivity contribution is 7.99. The molecule has 2 heterocycles. The molecule has 182 valence electrons. The van der Waals surface area contributed by atoms with Gasteiger partial charge in [0.2, 0.25) is 11.0 Å². The number of nitrogens with one attached hydrogen (secondary N) is 1. The fraction of sp³-hybridized carbons (Fsp3) is 0.500. The molecule has 12 heteroatoms. The van der Waals surface area contributed by atoms with Gasteiger partial charge in [0.25, 0.3) is 0 Å². The molecule has 1 atom stereocenters. The summed E-state index contributed by atoms with van der Waals surface area (Å²) < 4.78 is 34.5. The van der Waals surface area contributed by atoms with Gasteiger partial charge in [0, 0.05) is 18.5 Å². The molecule has 34 heavy (non-hydrogen) atoms. The van der Waals surface area contributed by atoms with Gasteiger partial charge < -0.3 is 9.30 Å². The van der Waals surface area contributed by atoms with Crippen LogP contribution >= 0.6 is 23.1 Å². The van der Waals surface area contributed by atoms with Crippen LogP contribution in [0.1, 0.15) is 68.8 Å². The molecule has 1 N–H and O–H groups in total. The van der Waals surface area contributed by atoms with Crippen molar-refractivity contribution in [1.82, 2.24) is 25.0 Å². The minimum Gasteiger partial charge on any atom is -0.480 e. The molecule has 1 fully saturated rings. The van der Waals surface area contributed by atoms with Crippen molar-refractivity contribution in [3.63, 3.8) is 0 Å². The molecule has 1 amide bonds. The number of halogens is 2. The van der Waals surface area contributed by atoms with Crippen LogP contribution < -0.4 is 10.1 Å². The van der Waals surface area contributed by atoms with Gasteiger partial charge in [-0.1, -0.05) is 42.4 Å². The number of benzene rings is 1. The van der Waals surface area contributed by atoms with E-state index < -0.39 is 17.7 Å². The first-order chi connectivity index (χ1) is 16.4. The van der Waals surface area contributed by atoms with Crippen molar-refractivity contribution >= 4 is 34.1 Å². The standard InChI is InChI=1S/C22H26F2N6O2S2/c1-3-30-19(13(2)32-17-10-9-15(23)11-16(17)24)26-29-22(30)33-12-18(31)25-21-28-27-20(34-21)14-7-5-4-6-8-14/h9-11,13-14H,3-8,12H2,1-2H3,(H,25,28,31). The van der Waals surface area contributed by atoms with Gasteiger partial charge in [-0.2, -0.15) is 0 Å². The van der Waals surface area contributed by atoms with Crippen LogP contribution in [0.5, 0.6) is 5.75 Å². The van der Waals surface area contributed by atoms with E-state index in [-0.39, 0.29) is 17.4 Å². The third-order valence-corrected chi connectivity index (χ3v) is 7.56. The Labute approximate surface area is 204 Å². The molecule has 8 nitrogen and oxygen atoms in total. The second kappa shape index (κ2) is 11.2. The number of hydrogen-bond acceptors (Lipinski definition) is 8. The fourth-order valence-electron chi connectivity index (χ4n) is 3.90. The first-order valence-electron chi connectivity index (χ1n) is 11.3. The lowest BCUT2D eigenvalue weighted by molar-refractivity contribution is -0.113. The van der Waals surface area contributed by atoms with E-state index in [0.717, 1.165) is 30.0 Å². The molecule has 2 aromatic heterocycles. The van der Waals surface area contributed by atoms with E-state index in [1.807, 2.05) is 6.92 Å². The summed E-state index contributed by atoms with van der Waals surface area (Å²) in [7, 11) is 0. The normalized spacial score (nSPS) is 15.3. The number of carbonyl (C=O) groups excluding carboxylic acids is 1. The monoisotopic (exact) mass is 508 g/mol. The first kappa shape index (κ1) is 24.5. The Morgan fingerprint density at radius 3 is 2.76 bits per heavy atom. The van der Waals surface area contributed by atoms with Crippen molar-refractivity contribution in [2.45, 2.75) is 69.7 Å². The number of hydrogen-bond donors (Lipinski definition) is 1. The minimum absolute atomic E-state index is 0.0715. The molecule has 3 aromatic rings. The Bertz CT molecular complexity index is 1130.